The van der Waals surface area contributed by atoms with Crippen LogP contribution >= 0.6 is 46.6 Å². The number of aliphatic hydroxyl groups excluding tert-OH is 1. The lowest BCUT2D eigenvalue weighted by atomic mass is 9.82. The largest absolute Gasteiger partial charge is 0.541 e. The van der Waals surface area contributed by atoms with E-state index < -0.39 is 85.5 Å². The van der Waals surface area contributed by atoms with E-state index in [1.165, 1.54) is 17.8 Å². The summed E-state index contributed by atoms with van der Waals surface area (Å²) in [6.45, 7) is 20.1. The molecule has 2 bridgehead atoms. The van der Waals surface area contributed by atoms with Crippen molar-refractivity contribution < 1.29 is 57.1 Å². The molecule has 2 aromatic carbocycles. The minimum absolute atomic E-state index is 0.0630. The van der Waals surface area contributed by atoms with E-state index in [9.17, 15) is 24.8 Å². The number of alkyl halides is 3. The van der Waals surface area contributed by atoms with Crippen LogP contribution in [-0.2, 0) is 25.4 Å². The quantitative estimate of drug-likeness (QED) is 0.0482. The number of aryl methyl sites for hydroxylation is 1. The van der Waals surface area contributed by atoms with E-state index in [1.807, 2.05) is 26.0 Å². The van der Waals surface area contributed by atoms with Crippen LogP contribution in [0.3, 0.4) is 0 Å². The number of nitrogens with zero attached hydrogens (tertiary/aromatic N) is 2. The lowest BCUT2D eigenvalue weighted by Crippen LogP contribution is -2.61. The molecule has 1 saturated heterocycles. The topological polar surface area (TPSA) is 196 Å². The monoisotopic (exact) mass is 998 g/mol. The maximum atomic E-state index is 13.9. The molecule has 3 heterocycles. The summed E-state index contributed by atoms with van der Waals surface area (Å²) in [5.41, 5.74) is 3.16. The normalized spacial score (nSPS) is 20.5. The maximum Gasteiger partial charge on any atom is 0.408 e. The van der Waals surface area contributed by atoms with Crippen LogP contribution in [0.2, 0.25) is 18.1 Å². The number of benzene rings is 2. The Hall–Kier alpha value is -4.22. The van der Waals surface area contributed by atoms with E-state index in [0.717, 1.165) is 5.56 Å². The molecule has 6 atom stereocenters. The number of thioether (sulfide) groups is 1. The molecule has 0 unspecified atom stereocenters. The highest BCUT2D eigenvalue weighted by atomic mass is 35.6. The first-order valence-electron chi connectivity index (χ1n) is 20.8. The molecule has 0 spiro atoms. The zero-order valence-electron chi connectivity index (χ0n) is 37.7. The molecule has 0 saturated carbocycles. The van der Waals surface area contributed by atoms with Crippen molar-refractivity contribution in [2.45, 2.75) is 98.4 Å². The molecule has 3 N–H and O–H groups in total. The number of fused-ring (bicyclic) bond motifs is 8. The summed E-state index contributed by atoms with van der Waals surface area (Å²) < 4.78 is 45.8. The van der Waals surface area contributed by atoms with Gasteiger partial charge in [-0.2, -0.15) is 5.26 Å². The van der Waals surface area contributed by atoms with Gasteiger partial charge in [-0.25, -0.2) is 14.4 Å². The summed E-state index contributed by atoms with van der Waals surface area (Å²) >= 11 is 18.6. The number of methoxy groups -OCH3 is 1. The number of ether oxygens (including phenoxy) is 7. The number of alkyl carbamates (subject to hydrolysis) is 2. The Kier molecular flexibility index (Phi) is 17.2. The highest BCUT2D eigenvalue weighted by Crippen LogP contribution is 2.59. The first-order chi connectivity index (χ1) is 30.6. The summed E-state index contributed by atoms with van der Waals surface area (Å²) in [5.74, 6) is 1.27. The van der Waals surface area contributed by atoms with Gasteiger partial charge < -0.3 is 53.3 Å². The van der Waals surface area contributed by atoms with Crippen molar-refractivity contribution in [1.82, 2.24) is 15.5 Å². The summed E-state index contributed by atoms with van der Waals surface area (Å²) in [4.78, 5) is 42.2. The smallest absolute Gasteiger partial charge is 0.408 e. The molecule has 0 aliphatic carbocycles. The van der Waals surface area contributed by atoms with Crippen molar-refractivity contribution in [3.8, 4) is 34.8 Å². The van der Waals surface area contributed by atoms with Gasteiger partial charge in [-0.3, -0.25) is 4.90 Å². The fourth-order valence-electron chi connectivity index (χ4n) is 7.78. The molecule has 3 aliphatic heterocycles. The van der Waals surface area contributed by atoms with Gasteiger partial charge in [-0.15, -0.1) is 11.8 Å². The molecule has 1 fully saturated rings. The van der Waals surface area contributed by atoms with Crippen molar-refractivity contribution >= 4 is 73.0 Å². The van der Waals surface area contributed by atoms with Crippen LogP contribution in [0.5, 0.6) is 28.7 Å². The van der Waals surface area contributed by atoms with Gasteiger partial charge in [0.1, 0.15) is 50.0 Å². The Bertz CT molecular complexity index is 2160. The molecule has 21 heteroatoms. The Morgan fingerprint density at radius 1 is 1.06 bits per heavy atom. The van der Waals surface area contributed by atoms with Gasteiger partial charge in [-0.1, -0.05) is 87.0 Å². The molecule has 356 valence electrons. The predicted molar refractivity (Wildman–Crippen MR) is 250 cm³/mol. The molecule has 0 aromatic heterocycles. The second-order valence-electron chi connectivity index (χ2n) is 17.2. The molecular formula is C44H57Cl3N4O12SSi. The number of carbonyl (C=O) groups excluding carboxylic acids is 3. The van der Waals surface area contributed by atoms with Crippen LogP contribution in [0, 0.1) is 25.2 Å². The number of nitrogens with one attached hydrogen (secondary N) is 2. The third-order valence-corrected chi connectivity index (χ3v) is 17.8. The second-order valence-corrected chi connectivity index (χ2v) is 25.6. The van der Waals surface area contributed by atoms with E-state index in [1.54, 1.807) is 18.1 Å². The lowest BCUT2D eigenvalue weighted by Gasteiger charge is -2.50. The van der Waals surface area contributed by atoms with Gasteiger partial charge in [0.25, 0.3) is 8.32 Å². The van der Waals surface area contributed by atoms with Gasteiger partial charge in [0.05, 0.1) is 43.2 Å². The third kappa shape index (κ3) is 11.8. The number of nitriles is 1. The Morgan fingerprint density at radius 2 is 1.75 bits per heavy atom. The van der Waals surface area contributed by atoms with Crippen molar-refractivity contribution in [2.75, 3.05) is 52.7 Å². The lowest BCUT2D eigenvalue weighted by molar-refractivity contribution is -0.148. The number of cyclic esters (lactones) is 1. The Balaban J connectivity index is 1.69. The number of carbonyl (C=O) groups is 3. The molecule has 5 rings (SSSR count). The zero-order valence-corrected chi connectivity index (χ0v) is 41.8. The fourth-order valence-corrected chi connectivity index (χ4v) is 10.4. The molecule has 16 nitrogen and oxygen atoms in total. The third-order valence-electron chi connectivity index (χ3n) is 11.7. The number of hydrogen-bond donors (Lipinski definition) is 3. The average molecular weight is 1000 g/mol. The van der Waals surface area contributed by atoms with E-state index in [4.69, 9.17) is 72.4 Å². The molecule has 65 heavy (non-hydrogen) atoms. The molecule has 2 aromatic rings. The zero-order chi connectivity index (χ0) is 48.0. The maximum absolute atomic E-state index is 13.9. The highest BCUT2D eigenvalue weighted by molar-refractivity contribution is 7.99. The van der Waals surface area contributed by atoms with E-state index in [2.05, 4.69) is 63.7 Å². The molecule has 3 aliphatic rings. The fraction of sp³-hybridized carbons (Fsp3) is 0.545. The number of rotatable bonds is 16. The van der Waals surface area contributed by atoms with E-state index in [-0.39, 0.29) is 37.2 Å². The van der Waals surface area contributed by atoms with Gasteiger partial charge in [0.2, 0.25) is 10.6 Å². The van der Waals surface area contributed by atoms with Crippen molar-refractivity contribution in [1.29, 1.82) is 5.26 Å². The highest BCUT2D eigenvalue weighted by Gasteiger charge is 2.52. The number of amides is 2. The standard InChI is InChI=1S/C44H57Cl3N4O12SSi/c1-11-13-57-36-25(4)37-38(62-23-61-37)33-31-20-59-40(53)28(50-42(55)60-22-44(45,46)47)21-64-39(34(33)36)30(19-52)51(31)29(18-48)27(49-41(54)58-14-12-2)16-26-15-24(3)35(56-8)32(17-26)63-65(9,10)43(5,6)7/h11-12,15,17,27-31,39,52H,1-2,13-14,16,19-23H2,3-10H3,(H,49,54)(H,50,55)/t27-,28-,29-,30+,31-,39-/m0/s1. The average Bonchev–Trinajstić information content (AvgIpc) is 3.73. The van der Waals surface area contributed by atoms with Crippen molar-refractivity contribution in [3.05, 3.63) is 65.3 Å². The van der Waals surface area contributed by atoms with Crippen LogP contribution in [0.25, 0.3) is 0 Å². The van der Waals surface area contributed by atoms with E-state index >= 15 is 0 Å². The minimum Gasteiger partial charge on any atom is -0.541 e. The molecule has 0 radical (unpaired) electrons. The SMILES string of the molecule is C=CCOC(=O)N[C@@H](Cc1cc(C)c(OC)c(O[Si](C)(C)C(C)(C)C)c1)[C@H](C#N)N1[C@H](CO)[C@@H]2SC[C@H](NC(=O)OCC(Cl)(Cl)Cl)C(=O)OC[C@H]1c1c3c(c(C)c(OCC=C)c12)OCO3. The summed E-state index contributed by atoms with van der Waals surface area (Å²) in [5, 5.41) is 27.5. The van der Waals surface area contributed by atoms with Crippen molar-refractivity contribution in [3.63, 3.8) is 0 Å². The molecule has 2 amide bonds. The molecular weight excluding hydrogens is 943 g/mol. The summed E-state index contributed by atoms with van der Waals surface area (Å²) in [7, 11) is -0.832. The van der Waals surface area contributed by atoms with Gasteiger partial charge >= 0.3 is 18.2 Å². The summed E-state index contributed by atoms with van der Waals surface area (Å²) in [6, 6.07) is 0.647. The van der Waals surface area contributed by atoms with Crippen LogP contribution in [-0.4, -0.2) is 117 Å². The number of hydrogen-bond acceptors (Lipinski definition) is 15. The Morgan fingerprint density at radius 3 is 2.37 bits per heavy atom. The van der Waals surface area contributed by atoms with Crippen LogP contribution in [0.1, 0.15) is 59.9 Å². The number of halogens is 3. The first-order valence-corrected chi connectivity index (χ1v) is 25.9. The number of aliphatic hydroxyl groups is 1. The Labute approximate surface area is 400 Å². The van der Waals surface area contributed by atoms with Gasteiger partial charge in [-0.05, 0) is 55.6 Å². The van der Waals surface area contributed by atoms with Crippen LogP contribution in [0.4, 0.5) is 9.59 Å². The predicted octanol–water partition coefficient (Wildman–Crippen LogP) is 7.92. The minimum atomic E-state index is -2.40. The van der Waals surface area contributed by atoms with Gasteiger partial charge in [0, 0.05) is 22.4 Å². The second kappa shape index (κ2) is 21.6. The van der Waals surface area contributed by atoms with Crippen molar-refractivity contribution in [2.24, 2.45) is 0 Å². The van der Waals surface area contributed by atoms with Crippen LogP contribution < -0.4 is 34.0 Å². The summed E-state index contributed by atoms with van der Waals surface area (Å²) in [6.07, 6.45) is 1.20. The van der Waals surface area contributed by atoms with E-state index in [0.29, 0.717) is 51.0 Å². The number of esters is 1. The van der Waals surface area contributed by atoms with Gasteiger partial charge in [0.15, 0.2) is 17.2 Å². The first kappa shape index (κ1) is 51.8. The van der Waals surface area contributed by atoms with Crippen LogP contribution in [0.15, 0.2) is 37.4 Å².